The molecule has 13 heteroatoms. The van der Waals surface area contributed by atoms with E-state index in [-0.39, 0.29) is 24.8 Å². The van der Waals surface area contributed by atoms with E-state index in [0.717, 1.165) is 30.9 Å². The Bertz CT molecular complexity index is 830. The first kappa shape index (κ1) is 24.4. The standard InChI is InChI=1S/C17H24F2N4O2.C2HF3O2/c1-21-11-20-15-13(21)2-3-23(16(24)12-8-17(18,19)9-12)14(15)10-22-4-6-25-7-5-22;3-2(4,5)1(6)7/h11-12,14H,2-10H2,1H3;(H,6,7). The topological polar surface area (TPSA) is 87.9 Å². The van der Waals surface area contributed by atoms with Crippen molar-refractivity contribution in [3.05, 3.63) is 17.7 Å². The second-order valence-corrected chi connectivity index (χ2v) is 8.16. The van der Waals surface area contributed by atoms with Gasteiger partial charge in [-0.3, -0.25) is 9.69 Å². The first-order valence-electron chi connectivity index (χ1n) is 10.2. The average molecular weight is 468 g/mol. The molecule has 0 bridgehead atoms. The predicted octanol–water partition coefficient (Wildman–Crippen LogP) is 1.86. The second kappa shape index (κ2) is 9.30. The molecule has 1 saturated heterocycles. The summed E-state index contributed by atoms with van der Waals surface area (Å²) < 4.78 is 65.6. The monoisotopic (exact) mass is 468 g/mol. The molecule has 1 saturated carbocycles. The van der Waals surface area contributed by atoms with Gasteiger partial charge in [0.05, 0.1) is 31.3 Å². The molecular formula is C19H25F5N4O4. The Morgan fingerprint density at radius 1 is 1.22 bits per heavy atom. The SMILES string of the molecule is Cn1cnc2c1CCN(C(=O)C1CC(F)(F)C1)C2CN1CCOCC1.O=C(O)C(F)(F)F. The van der Waals surface area contributed by atoms with Gasteiger partial charge < -0.3 is 19.3 Å². The number of amides is 1. The number of aromatic nitrogens is 2. The van der Waals surface area contributed by atoms with Crippen molar-refractivity contribution in [2.45, 2.75) is 37.4 Å². The Hall–Kier alpha value is -2.28. The van der Waals surface area contributed by atoms with E-state index in [2.05, 4.69) is 9.88 Å². The molecule has 1 unspecified atom stereocenters. The van der Waals surface area contributed by atoms with Crippen LogP contribution in [-0.2, 0) is 27.8 Å². The average Bonchev–Trinajstić information content (AvgIpc) is 3.08. The third-order valence-electron chi connectivity index (χ3n) is 5.87. The quantitative estimate of drug-likeness (QED) is 0.682. The van der Waals surface area contributed by atoms with Crippen LogP contribution in [0.4, 0.5) is 22.0 Å². The zero-order chi connectivity index (χ0) is 23.7. The molecular weight excluding hydrogens is 443 g/mol. The molecule has 1 aromatic rings. The summed E-state index contributed by atoms with van der Waals surface area (Å²) in [7, 11) is 1.96. The maximum absolute atomic E-state index is 13.2. The van der Waals surface area contributed by atoms with Crippen LogP contribution in [0.2, 0.25) is 0 Å². The third kappa shape index (κ3) is 5.55. The number of aryl methyl sites for hydroxylation is 1. The summed E-state index contributed by atoms with van der Waals surface area (Å²) in [5.74, 6) is -6.12. The molecule has 4 rings (SSSR count). The number of halogens is 5. The second-order valence-electron chi connectivity index (χ2n) is 8.16. The molecule has 8 nitrogen and oxygen atoms in total. The smallest absolute Gasteiger partial charge is 0.475 e. The van der Waals surface area contributed by atoms with Crippen LogP contribution in [0.15, 0.2) is 6.33 Å². The minimum absolute atomic E-state index is 0.138. The van der Waals surface area contributed by atoms with Crippen LogP contribution in [0, 0.1) is 5.92 Å². The van der Waals surface area contributed by atoms with Crippen LogP contribution in [-0.4, -0.2) is 87.8 Å². The molecule has 180 valence electrons. The van der Waals surface area contributed by atoms with Crippen molar-refractivity contribution >= 4 is 11.9 Å². The number of fused-ring (bicyclic) bond motifs is 1. The van der Waals surface area contributed by atoms with Gasteiger partial charge in [-0.05, 0) is 0 Å². The van der Waals surface area contributed by atoms with Gasteiger partial charge in [0, 0.05) is 64.1 Å². The van der Waals surface area contributed by atoms with Crippen molar-refractivity contribution in [2.75, 3.05) is 39.4 Å². The number of carboxylic acids is 1. The van der Waals surface area contributed by atoms with Gasteiger partial charge in [0.15, 0.2) is 0 Å². The highest BCUT2D eigenvalue weighted by molar-refractivity contribution is 5.81. The Balaban J connectivity index is 0.000000360. The Kier molecular flexibility index (Phi) is 7.08. The number of rotatable bonds is 3. The van der Waals surface area contributed by atoms with E-state index in [1.807, 2.05) is 11.6 Å². The van der Waals surface area contributed by atoms with Gasteiger partial charge in [-0.2, -0.15) is 13.2 Å². The van der Waals surface area contributed by atoms with Crippen LogP contribution in [0.3, 0.4) is 0 Å². The lowest BCUT2D eigenvalue weighted by molar-refractivity contribution is -0.192. The number of carbonyl (C=O) groups is 2. The lowest BCUT2D eigenvalue weighted by Gasteiger charge is -2.43. The number of hydrogen-bond donors (Lipinski definition) is 1. The van der Waals surface area contributed by atoms with Gasteiger partial charge in [-0.25, -0.2) is 18.6 Å². The van der Waals surface area contributed by atoms with Gasteiger partial charge >= 0.3 is 12.1 Å². The lowest BCUT2D eigenvalue weighted by atomic mass is 9.79. The van der Waals surface area contributed by atoms with Crippen molar-refractivity contribution in [3.8, 4) is 0 Å². The Labute approximate surface area is 180 Å². The van der Waals surface area contributed by atoms with Crippen molar-refractivity contribution in [2.24, 2.45) is 13.0 Å². The van der Waals surface area contributed by atoms with Crippen LogP contribution in [0.5, 0.6) is 0 Å². The van der Waals surface area contributed by atoms with E-state index in [1.54, 1.807) is 11.2 Å². The molecule has 1 aliphatic carbocycles. The summed E-state index contributed by atoms with van der Waals surface area (Å²) in [5, 5.41) is 7.12. The first-order valence-corrected chi connectivity index (χ1v) is 10.2. The third-order valence-corrected chi connectivity index (χ3v) is 5.87. The van der Waals surface area contributed by atoms with Crippen molar-refractivity contribution in [3.63, 3.8) is 0 Å². The number of hydrogen-bond acceptors (Lipinski definition) is 5. The van der Waals surface area contributed by atoms with Crippen molar-refractivity contribution in [1.29, 1.82) is 0 Å². The summed E-state index contributed by atoms with van der Waals surface area (Å²) in [5.41, 5.74) is 2.06. The summed E-state index contributed by atoms with van der Waals surface area (Å²) in [6.45, 7) is 4.27. The number of carbonyl (C=O) groups excluding carboxylic acids is 1. The van der Waals surface area contributed by atoms with E-state index >= 15 is 0 Å². The normalized spacial score (nSPS) is 23.6. The number of imidazole rings is 1. The predicted molar refractivity (Wildman–Crippen MR) is 100.0 cm³/mol. The van der Waals surface area contributed by atoms with Gasteiger partial charge in [0.2, 0.25) is 11.8 Å². The van der Waals surface area contributed by atoms with Gasteiger partial charge in [0.25, 0.3) is 0 Å². The fourth-order valence-corrected chi connectivity index (χ4v) is 4.13. The van der Waals surface area contributed by atoms with E-state index in [4.69, 9.17) is 14.6 Å². The number of ether oxygens (including phenoxy) is 1. The summed E-state index contributed by atoms with van der Waals surface area (Å²) in [6.07, 6.45) is -3.22. The van der Waals surface area contributed by atoms with Crippen LogP contribution in [0.1, 0.15) is 30.3 Å². The summed E-state index contributed by atoms with van der Waals surface area (Å²) in [4.78, 5) is 30.3. The molecule has 1 N–H and O–H groups in total. The molecule has 1 atom stereocenters. The number of alkyl halides is 5. The van der Waals surface area contributed by atoms with Gasteiger partial charge in [0.1, 0.15) is 0 Å². The Morgan fingerprint density at radius 2 is 1.81 bits per heavy atom. The fourth-order valence-electron chi connectivity index (χ4n) is 4.13. The highest BCUT2D eigenvalue weighted by Crippen LogP contribution is 2.44. The number of nitrogens with zero attached hydrogens (tertiary/aromatic N) is 4. The summed E-state index contributed by atoms with van der Waals surface area (Å²) >= 11 is 0. The summed E-state index contributed by atoms with van der Waals surface area (Å²) in [6, 6.07) is -0.162. The molecule has 2 aliphatic heterocycles. The molecule has 2 fully saturated rings. The molecule has 1 amide bonds. The number of carboxylic acid groups (broad SMARTS) is 1. The minimum atomic E-state index is -5.08. The largest absolute Gasteiger partial charge is 0.490 e. The fraction of sp³-hybridized carbons (Fsp3) is 0.737. The molecule has 0 aromatic carbocycles. The van der Waals surface area contributed by atoms with E-state index in [0.29, 0.717) is 26.3 Å². The molecule has 1 aromatic heterocycles. The van der Waals surface area contributed by atoms with Gasteiger partial charge in [-0.1, -0.05) is 0 Å². The maximum atomic E-state index is 13.2. The number of morpholine rings is 1. The molecule has 0 radical (unpaired) electrons. The van der Waals surface area contributed by atoms with E-state index in [9.17, 15) is 26.7 Å². The molecule has 0 spiro atoms. The van der Waals surface area contributed by atoms with Crippen molar-refractivity contribution < 1.29 is 41.4 Å². The first-order chi connectivity index (χ1) is 14.9. The van der Waals surface area contributed by atoms with E-state index in [1.165, 1.54) is 0 Å². The molecule has 32 heavy (non-hydrogen) atoms. The van der Waals surface area contributed by atoms with Crippen LogP contribution >= 0.6 is 0 Å². The van der Waals surface area contributed by atoms with Crippen LogP contribution in [0.25, 0.3) is 0 Å². The lowest BCUT2D eigenvalue weighted by Crippen LogP contribution is -2.52. The van der Waals surface area contributed by atoms with Gasteiger partial charge in [-0.15, -0.1) is 0 Å². The maximum Gasteiger partial charge on any atom is 0.490 e. The molecule has 3 aliphatic rings. The molecule has 3 heterocycles. The minimum Gasteiger partial charge on any atom is -0.475 e. The highest BCUT2D eigenvalue weighted by Gasteiger charge is 2.51. The zero-order valence-corrected chi connectivity index (χ0v) is 17.4. The highest BCUT2D eigenvalue weighted by atomic mass is 19.4. The van der Waals surface area contributed by atoms with Crippen LogP contribution < -0.4 is 0 Å². The van der Waals surface area contributed by atoms with Crippen molar-refractivity contribution in [1.82, 2.24) is 19.4 Å². The van der Waals surface area contributed by atoms with E-state index < -0.39 is 24.0 Å². The Morgan fingerprint density at radius 3 is 2.34 bits per heavy atom. The number of aliphatic carboxylic acids is 1. The zero-order valence-electron chi connectivity index (χ0n) is 17.4.